The van der Waals surface area contributed by atoms with Crippen LogP contribution < -0.4 is 0 Å². The van der Waals surface area contributed by atoms with Gasteiger partial charge in [0.15, 0.2) is 0 Å². The van der Waals surface area contributed by atoms with Gasteiger partial charge in [0.05, 0.1) is 22.4 Å². The molecule has 7 aromatic carbocycles. The quantitative estimate of drug-likeness (QED) is 0.210. The van der Waals surface area contributed by atoms with Crippen LogP contribution in [0.15, 0.2) is 146 Å². The summed E-state index contributed by atoms with van der Waals surface area (Å²) in [5, 5.41) is 4.96. The molecular weight excluding hydrogens is 544 g/mol. The van der Waals surface area contributed by atoms with E-state index in [1.165, 1.54) is 54.9 Å². The summed E-state index contributed by atoms with van der Waals surface area (Å²) in [5.41, 5.74) is 13.6. The first-order valence-corrected chi connectivity index (χ1v) is 15.6. The van der Waals surface area contributed by atoms with Crippen LogP contribution in [0.25, 0.3) is 77.3 Å². The predicted octanol–water partition coefficient (Wildman–Crippen LogP) is 11.2. The predicted molar refractivity (Wildman–Crippen MR) is 188 cm³/mol. The van der Waals surface area contributed by atoms with Gasteiger partial charge < -0.3 is 0 Å². The van der Waals surface area contributed by atoms with E-state index in [0.717, 1.165) is 33.5 Å². The summed E-state index contributed by atoms with van der Waals surface area (Å²) >= 11 is 0. The molecule has 1 aliphatic rings. The molecule has 1 aliphatic carbocycles. The second-order valence-corrected chi connectivity index (χ2v) is 12.6. The maximum absolute atomic E-state index is 5.20. The van der Waals surface area contributed by atoms with E-state index in [2.05, 4.69) is 135 Å². The third kappa shape index (κ3) is 3.96. The average molecular weight is 575 g/mol. The molecule has 2 heteroatoms. The lowest BCUT2D eigenvalue weighted by Crippen LogP contribution is -2.14. The Labute approximate surface area is 262 Å². The summed E-state index contributed by atoms with van der Waals surface area (Å²) < 4.78 is 0. The van der Waals surface area contributed by atoms with Crippen molar-refractivity contribution in [3.63, 3.8) is 0 Å². The van der Waals surface area contributed by atoms with Crippen molar-refractivity contribution in [3.8, 4) is 44.8 Å². The smallest absolute Gasteiger partial charge is 0.0973 e. The van der Waals surface area contributed by atoms with Gasteiger partial charge in [-0.25, -0.2) is 9.97 Å². The molecule has 0 saturated carbocycles. The highest BCUT2D eigenvalue weighted by molar-refractivity contribution is 6.08. The molecule has 9 rings (SSSR count). The minimum atomic E-state index is -0.0694. The molecule has 45 heavy (non-hydrogen) atoms. The van der Waals surface area contributed by atoms with Gasteiger partial charge in [0.25, 0.3) is 0 Å². The molecule has 0 N–H and O–H groups in total. The number of nitrogens with zero attached hydrogens (tertiary/aromatic N) is 2. The molecule has 0 aliphatic heterocycles. The largest absolute Gasteiger partial charge is 0.244 e. The van der Waals surface area contributed by atoms with Crippen LogP contribution >= 0.6 is 0 Å². The van der Waals surface area contributed by atoms with Gasteiger partial charge in [-0.3, -0.25) is 0 Å². The third-order valence-corrected chi connectivity index (χ3v) is 9.63. The minimum absolute atomic E-state index is 0.0694. The van der Waals surface area contributed by atoms with Crippen LogP contribution in [-0.4, -0.2) is 9.97 Å². The van der Waals surface area contributed by atoms with Crippen LogP contribution in [0.5, 0.6) is 0 Å². The van der Waals surface area contributed by atoms with Gasteiger partial charge in [0.2, 0.25) is 0 Å². The van der Waals surface area contributed by atoms with Gasteiger partial charge in [-0.2, -0.15) is 0 Å². The first kappa shape index (κ1) is 25.9. The van der Waals surface area contributed by atoms with E-state index in [9.17, 15) is 0 Å². The van der Waals surface area contributed by atoms with Gasteiger partial charge in [-0.05, 0) is 79.2 Å². The van der Waals surface area contributed by atoms with E-state index in [1.54, 1.807) is 0 Å². The van der Waals surface area contributed by atoms with Crippen LogP contribution in [0.1, 0.15) is 25.0 Å². The molecule has 212 valence electrons. The van der Waals surface area contributed by atoms with E-state index in [4.69, 9.17) is 9.97 Å². The molecule has 1 aromatic heterocycles. The molecule has 2 nitrogen and oxygen atoms in total. The van der Waals surface area contributed by atoms with Crippen molar-refractivity contribution in [3.05, 3.63) is 157 Å². The fraction of sp³-hybridized carbons (Fsp3) is 0.0698. The monoisotopic (exact) mass is 574 g/mol. The van der Waals surface area contributed by atoms with E-state index >= 15 is 0 Å². The lowest BCUT2D eigenvalue weighted by atomic mass is 9.80. The van der Waals surface area contributed by atoms with E-state index in [0.29, 0.717) is 0 Å². The van der Waals surface area contributed by atoms with Crippen LogP contribution in [0.2, 0.25) is 0 Å². The Balaban J connectivity index is 1.25. The van der Waals surface area contributed by atoms with E-state index in [1.807, 2.05) is 24.3 Å². The fourth-order valence-corrected chi connectivity index (χ4v) is 7.35. The molecule has 1 heterocycles. The molecule has 0 saturated heterocycles. The van der Waals surface area contributed by atoms with Gasteiger partial charge >= 0.3 is 0 Å². The van der Waals surface area contributed by atoms with Gasteiger partial charge in [-0.15, -0.1) is 0 Å². The lowest BCUT2D eigenvalue weighted by Gasteiger charge is -2.23. The summed E-state index contributed by atoms with van der Waals surface area (Å²) in [6, 6.07) is 52.3. The first-order chi connectivity index (χ1) is 22.1. The second kappa shape index (κ2) is 9.70. The molecule has 0 spiro atoms. The van der Waals surface area contributed by atoms with Crippen LogP contribution in [0, 0.1) is 0 Å². The highest BCUT2D eigenvalue weighted by atomic mass is 14.8. The number of rotatable bonds is 3. The Morgan fingerprint density at radius 3 is 1.78 bits per heavy atom. The number of aromatic nitrogens is 2. The number of fused-ring (bicyclic) bond motifs is 6. The molecule has 8 aromatic rings. The zero-order chi connectivity index (χ0) is 30.1. The van der Waals surface area contributed by atoms with Crippen molar-refractivity contribution in [1.82, 2.24) is 9.97 Å². The van der Waals surface area contributed by atoms with Gasteiger partial charge in [-0.1, -0.05) is 135 Å². The highest BCUT2D eigenvalue weighted by Crippen LogP contribution is 2.54. The Bertz CT molecular complexity index is 2450. The SMILES string of the molecule is CC1(C)c2ccccc2-c2c1cc1ccccc1c2-c1ccc(-c2nc3ccccc3nc2-c2ccc3ccccc3c2)cc1. The summed E-state index contributed by atoms with van der Waals surface area (Å²) in [5.74, 6) is 0. The van der Waals surface area contributed by atoms with Crippen molar-refractivity contribution in [2.75, 3.05) is 0 Å². The lowest BCUT2D eigenvalue weighted by molar-refractivity contribution is 0.661. The first-order valence-electron chi connectivity index (χ1n) is 15.6. The van der Waals surface area contributed by atoms with Crippen LogP contribution in [-0.2, 0) is 5.41 Å². The molecule has 0 fully saturated rings. The van der Waals surface area contributed by atoms with Crippen molar-refractivity contribution >= 4 is 32.6 Å². The van der Waals surface area contributed by atoms with Gasteiger partial charge in [0.1, 0.15) is 0 Å². The Kier molecular flexibility index (Phi) is 5.58. The summed E-state index contributed by atoms with van der Waals surface area (Å²) in [6.07, 6.45) is 0. The Morgan fingerprint density at radius 2 is 1.00 bits per heavy atom. The number of hydrogen-bond acceptors (Lipinski definition) is 2. The molecule has 0 bridgehead atoms. The van der Waals surface area contributed by atoms with E-state index < -0.39 is 0 Å². The zero-order valence-electron chi connectivity index (χ0n) is 25.3. The van der Waals surface area contributed by atoms with Crippen LogP contribution in [0.4, 0.5) is 0 Å². The van der Waals surface area contributed by atoms with Crippen molar-refractivity contribution in [1.29, 1.82) is 0 Å². The van der Waals surface area contributed by atoms with Crippen molar-refractivity contribution < 1.29 is 0 Å². The molecular formula is C43H30N2. The molecule has 0 unspecified atom stereocenters. The summed E-state index contributed by atoms with van der Waals surface area (Å²) in [6.45, 7) is 4.71. The van der Waals surface area contributed by atoms with Crippen LogP contribution in [0.3, 0.4) is 0 Å². The maximum Gasteiger partial charge on any atom is 0.0973 e. The maximum atomic E-state index is 5.20. The minimum Gasteiger partial charge on any atom is -0.244 e. The molecule has 0 atom stereocenters. The summed E-state index contributed by atoms with van der Waals surface area (Å²) in [4.78, 5) is 10.4. The highest BCUT2D eigenvalue weighted by Gasteiger charge is 2.37. The van der Waals surface area contributed by atoms with Gasteiger partial charge in [0, 0.05) is 16.5 Å². The Morgan fingerprint density at radius 1 is 0.422 bits per heavy atom. The van der Waals surface area contributed by atoms with E-state index in [-0.39, 0.29) is 5.41 Å². The normalized spacial score (nSPS) is 13.3. The number of para-hydroxylation sites is 2. The molecule has 0 amide bonds. The second-order valence-electron chi connectivity index (χ2n) is 12.6. The average Bonchev–Trinajstić information content (AvgIpc) is 3.32. The Hall–Kier alpha value is -5.60. The number of benzene rings is 7. The standard InChI is InChI=1S/C43H30N2/c1-43(2)35-16-8-7-15-34(35)40-36(43)26-31-13-5-6-14-33(31)39(40)28-20-22-29(23-21-28)41-42(45-38-18-10-9-17-37(38)44-41)32-24-19-27-11-3-4-12-30(27)25-32/h3-26H,1-2H3. The fourth-order valence-electron chi connectivity index (χ4n) is 7.35. The number of hydrogen-bond donors (Lipinski definition) is 0. The third-order valence-electron chi connectivity index (χ3n) is 9.63. The zero-order valence-corrected chi connectivity index (χ0v) is 25.3. The molecule has 0 radical (unpaired) electrons. The van der Waals surface area contributed by atoms with Crippen molar-refractivity contribution in [2.45, 2.75) is 19.3 Å². The van der Waals surface area contributed by atoms with Crippen molar-refractivity contribution in [2.24, 2.45) is 0 Å². The topological polar surface area (TPSA) is 25.8 Å². The summed E-state index contributed by atoms with van der Waals surface area (Å²) in [7, 11) is 0.